The molecule has 0 aliphatic carbocycles. The van der Waals surface area contributed by atoms with Crippen LogP contribution in [0.3, 0.4) is 0 Å². The van der Waals surface area contributed by atoms with E-state index in [-0.39, 0.29) is 6.10 Å². The lowest BCUT2D eigenvalue weighted by Gasteiger charge is -2.32. The Hall–Kier alpha value is -1.43. The molecule has 21 heavy (non-hydrogen) atoms. The molecule has 0 spiro atoms. The van der Waals surface area contributed by atoms with Crippen molar-refractivity contribution in [3.05, 3.63) is 30.1 Å². The van der Waals surface area contributed by atoms with E-state index in [1.807, 2.05) is 19.3 Å². The molecule has 1 unspecified atom stereocenters. The number of ether oxygens (including phenoxy) is 1. The Labute approximate surface area is 125 Å². The molecule has 1 aliphatic rings. The molecule has 0 saturated carbocycles. The number of likely N-dealkylation sites (N-methyl/N-ethyl adjacent to an activating group) is 1. The highest BCUT2D eigenvalue weighted by Crippen LogP contribution is 2.20. The van der Waals surface area contributed by atoms with E-state index in [4.69, 9.17) is 4.74 Å². The quantitative estimate of drug-likeness (QED) is 0.905. The summed E-state index contributed by atoms with van der Waals surface area (Å²) in [7, 11) is 1.98. The molecule has 3 rings (SSSR count). The van der Waals surface area contributed by atoms with Crippen LogP contribution in [0.2, 0.25) is 0 Å². The van der Waals surface area contributed by atoms with E-state index in [1.54, 1.807) is 0 Å². The number of nitrogens with one attached hydrogen (secondary N) is 1. The lowest BCUT2D eigenvalue weighted by atomic mass is 10.2. The van der Waals surface area contributed by atoms with Gasteiger partial charge in [0.05, 0.1) is 19.3 Å². The van der Waals surface area contributed by atoms with Crippen LogP contribution in [0.5, 0.6) is 0 Å². The highest BCUT2D eigenvalue weighted by atomic mass is 16.5. The maximum Gasteiger partial charge on any atom is 0.140 e. The normalized spacial score (nSPS) is 20.2. The maximum absolute atomic E-state index is 5.93. The minimum Gasteiger partial charge on any atom is -0.374 e. The Kier molecular flexibility index (Phi) is 4.53. The number of rotatable bonds is 5. The van der Waals surface area contributed by atoms with Gasteiger partial charge in [0.2, 0.25) is 0 Å². The number of hydrogen-bond acceptors (Lipinski definition) is 4. The third kappa shape index (κ3) is 3.10. The van der Waals surface area contributed by atoms with E-state index >= 15 is 0 Å². The van der Waals surface area contributed by atoms with Gasteiger partial charge in [0.15, 0.2) is 0 Å². The van der Waals surface area contributed by atoms with Crippen LogP contribution in [0, 0.1) is 0 Å². The molecule has 1 aliphatic heterocycles. The first-order chi connectivity index (χ1) is 10.3. The van der Waals surface area contributed by atoms with Gasteiger partial charge < -0.3 is 14.6 Å². The van der Waals surface area contributed by atoms with Crippen LogP contribution in [0.15, 0.2) is 24.5 Å². The van der Waals surface area contributed by atoms with E-state index < -0.39 is 0 Å². The Bertz CT molecular complexity index is 595. The van der Waals surface area contributed by atoms with Gasteiger partial charge in [-0.1, -0.05) is 6.92 Å². The van der Waals surface area contributed by atoms with Crippen LogP contribution >= 0.6 is 0 Å². The molecule has 0 aromatic carbocycles. The number of hydrogen-bond donors (Lipinski definition) is 1. The average molecular weight is 288 g/mol. The standard InChI is InChI=1S/C16H24N4O/c1-3-19-7-8-21-14(11-19)12-20-10-13(9-17-2)15-5-4-6-18-16(15)20/h4-6,10,14,17H,3,7-9,11-12H2,1-2H3. The minimum atomic E-state index is 0.249. The molecule has 0 amide bonds. The van der Waals surface area contributed by atoms with Gasteiger partial charge in [0.25, 0.3) is 0 Å². The zero-order chi connectivity index (χ0) is 14.7. The SMILES string of the molecule is CCN1CCOC(Cn2cc(CNC)c3cccnc32)C1. The maximum atomic E-state index is 5.93. The zero-order valence-electron chi connectivity index (χ0n) is 12.9. The summed E-state index contributed by atoms with van der Waals surface area (Å²) in [4.78, 5) is 7.00. The molecule has 114 valence electrons. The van der Waals surface area contributed by atoms with E-state index in [0.717, 1.165) is 45.0 Å². The first-order valence-electron chi connectivity index (χ1n) is 7.73. The summed E-state index contributed by atoms with van der Waals surface area (Å²) in [5.74, 6) is 0. The fourth-order valence-electron chi connectivity index (χ4n) is 3.06. The van der Waals surface area contributed by atoms with Crippen molar-refractivity contribution < 1.29 is 4.74 Å². The van der Waals surface area contributed by atoms with Crippen LogP contribution < -0.4 is 5.32 Å². The van der Waals surface area contributed by atoms with Crippen molar-refractivity contribution in [3.8, 4) is 0 Å². The third-order valence-corrected chi connectivity index (χ3v) is 4.15. The molecule has 0 radical (unpaired) electrons. The second-order valence-corrected chi connectivity index (χ2v) is 5.60. The summed E-state index contributed by atoms with van der Waals surface area (Å²) in [6, 6.07) is 4.15. The molecular weight excluding hydrogens is 264 g/mol. The molecule has 1 N–H and O–H groups in total. The van der Waals surface area contributed by atoms with Crippen LogP contribution in [-0.4, -0.2) is 53.8 Å². The second kappa shape index (κ2) is 6.56. The van der Waals surface area contributed by atoms with E-state index in [2.05, 4.69) is 39.0 Å². The predicted molar refractivity (Wildman–Crippen MR) is 84.4 cm³/mol. The second-order valence-electron chi connectivity index (χ2n) is 5.60. The van der Waals surface area contributed by atoms with Gasteiger partial charge in [-0.3, -0.25) is 4.90 Å². The fraction of sp³-hybridized carbons (Fsp3) is 0.562. The van der Waals surface area contributed by atoms with Crippen molar-refractivity contribution in [2.45, 2.75) is 26.1 Å². The van der Waals surface area contributed by atoms with Crippen LogP contribution in [0.4, 0.5) is 0 Å². The molecular formula is C16H24N4O. The summed E-state index contributed by atoms with van der Waals surface area (Å²) >= 11 is 0. The molecule has 5 heteroatoms. The van der Waals surface area contributed by atoms with Crippen LogP contribution in [0.25, 0.3) is 11.0 Å². The summed E-state index contributed by atoms with van der Waals surface area (Å²) in [6.07, 6.45) is 4.32. The van der Waals surface area contributed by atoms with Gasteiger partial charge in [-0.15, -0.1) is 0 Å². The summed E-state index contributed by atoms with van der Waals surface area (Å²) in [5.41, 5.74) is 2.35. The summed E-state index contributed by atoms with van der Waals surface area (Å²) in [5, 5.41) is 4.46. The van der Waals surface area contributed by atoms with Crippen LogP contribution in [-0.2, 0) is 17.8 Å². The van der Waals surface area contributed by atoms with Crippen LogP contribution in [0.1, 0.15) is 12.5 Å². The lowest BCUT2D eigenvalue weighted by molar-refractivity contribution is -0.0338. The molecule has 3 heterocycles. The first-order valence-corrected chi connectivity index (χ1v) is 7.73. The molecule has 1 fully saturated rings. The lowest BCUT2D eigenvalue weighted by Crippen LogP contribution is -2.43. The monoisotopic (exact) mass is 288 g/mol. The third-order valence-electron chi connectivity index (χ3n) is 4.15. The number of morpholine rings is 1. The van der Waals surface area contributed by atoms with Crippen molar-refractivity contribution in [1.82, 2.24) is 19.8 Å². The summed E-state index contributed by atoms with van der Waals surface area (Å²) < 4.78 is 8.17. The van der Waals surface area contributed by atoms with E-state index in [1.165, 1.54) is 10.9 Å². The van der Waals surface area contributed by atoms with Gasteiger partial charge in [-0.2, -0.15) is 0 Å². The van der Waals surface area contributed by atoms with Gasteiger partial charge in [0, 0.05) is 37.4 Å². The topological polar surface area (TPSA) is 42.3 Å². The minimum absolute atomic E-state index is 0.249. The zero-order valence-corrected chi connectivity index (χ0v) is 12.9. The van der Waals surface area contributed by atoms with Crippen molar-refractivity contribution >= 4 is 11.0 Å². The Morgan fingerprint density at radius 2 is 2.38 bits per heavy atom. The molecule has 0 bridgehead atoms. The molecule has 5 nitrogen and oxygen atoms in total. The number of fused-ring (bicyclic) bond motifs is 1. The largest absolute Gasteiger partial charge is 0.374 e. The molecule has 2 aromatic heterocycles. The van der Waals surface area contributed by atoms with Crippen molar-refractivity contribution in [3.63, 3.8) is 0 Å². The van der Waals surface area contributed by atoms with E-state index in [9.17, 15) is 0 Å². The first kappa shape index (κ1) is 14.5. The predicted octanol–water partition coefficient (Wildman–Crippen LogP) is 1.48. The van der Waals surface area contributed by atoms with Crippen molar-refractivity contribution in [1.29, 1.82) is 0 Å². The molecule has 2 aromatic rings. The molecule has 1 atom stereocenters. The van der Waals surface area contributed by atoms with E-state index in [0.29, 0.717) is 0 Å². The Morgan fingerprint density at radius 3 is 3.19 bits per heavy atom. The Balaban J connectivity index is 1.83. The van der Waals surface area contributed by atoms with Gasteiger partial charge >= 0.3 is 0 Å². The molecule has 1 saturated heterocycles. The smallest absolute Gasteiger partial charge is 0.140 e. The fourth-order valence-corrected chi connectivity index (χ4v) is 3.06. The highest BCUT2D eigenvalue weighted by molar-refractivity contribution is 5.80. The van der Waals surface area contributed by atoms with Crippen molar-refractivity contribution in [2.75, 3.05) is 33.3 Å². The van der Waals surface area contributed by atoms with Gasteiger partial charge in [-0.25, -0.2) is 4.98 Å². The van der Waals surface area contributed by atoms with Gasteiger partial charge in [0.1, 0.15) is 5.65 Å². The number of nitrogens with zero attached hydrogens (tertiary/aromatic N) is 3. The van der Waals surface area contributed by atoms with Crippen molar-refractivity contribution in [2.24, 2.45) is 0 Å². The average Bonchev–Trinajstić information content (AvgIpc) is 2.86. The number of aromatic nitrogens is 2. The summed E-state index contributed by atoms with van der Waals surface area (Å²) in [6.45, 7) is 7.91. The van der Waals surface area contributed by atoms with Gasteiger partial charge in [-0.05, 0) is 31.3 Å². The Morgan fingerprint density at radius 1 is 1.48 bits per heavy atom. The number of pyridine rings is 1. The highest BCUT2D eigenvalue weighted by Gasteiger charge is 2.21.